The Balaban J connectivity index is 1.64. The van der Waals surface area contributed by atoms with Crippen LogP contribution in [0.15, 0.2) is 51.1 Å². The lowest BCUT2D eigenvalue weighted by molar-refractivity contribution is 0.0921. The first-order valence-corrected chi connectivity index (χ1v) is 7.78. The van der Waals surface area contributed by atoms with Gasteiger partial charge in [0.2, 0.25) is 0 Å². The van der Waals surface area contributed by atoms with Gasteiger partial charge in [0.15, 0.2) is 10.4 Å². The monoisotopic (exact) mass is 363 g/mol. The first kappa shape index (κ1) is 14.0. The summed E-state index contributed by atoms with van der Waals surface area (Å²) in [4.78, 5) is 20.4. The molecule has 3 aromatic rings. The van der Waals surface area contributed by atoms with Crippen molar-refractivity contribution in [2.24, 2.45) is 0 Å². The maximum Gasteiger partial charge on any atom is 0.287 e. The van der Waals surface area contributed by atoms with Crippen LogP contribution in [-0.2, 0) is 6.54 Å². The van der Waals surface area contributed by atoms with E-state index in [1.165, 1.54) is 11.3 Å². The maximum absolute atomic E-state index is 11.8. The number of rotatable bonds is 4. The Bertz CT molecular complexity index is 754. The van der Waals surface area contributed by atoms with Gasteiger partial charge >= 0.3 is 0 Å². The number of aromatic nitrogens is 2. The van der Waals surface area contributed by atoms with Crippen LogP contribution in [0.1, 0.15) is 16.2 Å². The molecular weight excluding hydrogens is 354 g/mol. The minimum atomic E-state index is -0.267. The number of carbonyl (C=O) groups excluding carboxylic acids is 1. The predicted octanol–water partition coefficient (Wildman–Crippen LogP) is 3.49. The lowest BCUT2D eigenvalue weighted by Gasteiger charge is -2.00. The molecule has 7 heteroatoms. The second-order valence-electron chi connectivity index (χ2n) is 4.17. The largest absolute Gasteiger partial charge is 0.444 e. The average molecular weight is 364 g/mol. The molecule has 0 fully saturated rings. The molecule has 0 spiro atoms. The van der Waals surface area contributed by atoms with E-state index >= 15 is 0 Å². The zero-order chi connectivity index (χ0) is 14.7. The van der Waals surface area contributed by atoms with Crippen LogP contribution in [0.25, 0.3) is 10.6 Å². The van der Waals surface area contributed by atoms with Crippen LogP contribution in [-0.4, -0.2) is 15.9 Å². The molecule has 0 bridgehead atoms. The van der Waals surface area contributed by atoms with Crippen LogP contribution in [0, 0.1) is 0 Å². The molecule has 0 radical (unpaired) electrons. The molecule has 0 saturated heterocycles. The van der Waals surface area contributed by atoms with Gasteiger partial charge in [-0.1, -0.05) is 0 Å². The SMILES string of the molecule is O=C(NCc1csc(-c2cccnc2)n1)c1ccc(Br)o1. The number of pyridine rings is 1. The Labute approximate surface area is 133 Å². The third-order valence-electron chi connectivity index (χ3n) is 2.69. The van der Waals surface area contributed by atoms with Gasteiger partial charge in [-0.2, -0.15) is 0 Å². The molecule has 1 amide bonds. The summed E-state index contributed by atoms with van der Waals surface area (Å²) in [5, 5.41) is 5.57. The van der Waals surface area contributed by atoms with Gasteiger partial charge < -0.3 is 9.73 Å². The number of halogens is 1. The smallest absolute Gasteiger partial charge is 0.287 e. The first-order chi connectivity index (χ1) is 10.2. The Kier molecular flexibility index (Phi) is 4.12. The fraction of sp³-hybridized carbons (Fsp3) is 0.0714. The summed E-state index contributed by atoms with van der Waals surface area (Å²) in [6.45, 7) is 0.355. The van der Waals surface area contributed by atoms with Gasteiger partial charge in [-0.3, -0.25) is 9.78 Å². The van der Waals surface area contributed by atoms with E-state index in [1.54, 1.807) is 24.5 Å². The van der Waals surface area contributed by atoms with Crippen molar-refractivity contribution in [3.05, 3.63) is 58.2 Å². The highest BCUT2D eigenvalue weighted by atomic mass is 79.9. The van der Waals surface area contributed by atoms with E-state index < -0.39 is 0 Å². The van der Waals surface area contributed by atoms with E-state index in [0.29, 0.717) is 11.2 Å². The number of carbonyl (C=O) groups is 1. The molecule has 0 atom stereocenters. The lowest BCUT2D eigenvalue weighted by atomic mass is 10.3. The molecule has 3 rings (SSSR count). The summed E-state index contributed by atoms with van der Waals surface area (Å²) < 4.78 is 5.71. The van der Waals surface area contributed by atoms with Crippen molar-refractivity contribution >= 4 is 33.2 Å². The van der Waals surface area contributed by atoms with Crippen molar-refractivity contribution in [3.8, 4) is 10.6 Å². The van der Waals surface area contributed by atoms with E-state index in [1.807, 2.05) is 17.5 Å². The number of amides is 1. The van der Waals surface area contributed by atoms with E-state index in [2.05, 4.69) is 31.2 Å². The molecule has 21 heavy (non-hydrogen) atoms. The van der Waals surface area contributed by atoms with Crippen LogP contribution in [0.5, 0.6) is 0 Å². The Hall–Kier alpha value is -1.99. The van der Waals surface area contributed by atoms with Crippen LogP contribution >= 0.6 is 27.3 Å². The van der Waals surface area contributed by atoms with E-state index in [9.17, 15) is 4.79 Å². The van der Waals surface area contributed by atoms with Crippen molar-refractivity contribution < 1.29 is 9.21 Å². The number of thiazole rings is 1. The molecule has 0 unspecified atom stereocenters. The van der Waals surface area contributed by atoms with E-state index in [4.69, 9.17) is 4.42 Å². The zero-order valence-corrected chi connectivity index (χ0v) is 13.1. The van der Waals surface area contributed by atoms with Crippen molar-refractivity contribution in [2.75, 3.05) is 0 Å². The molecule has 0 aliphatic rings. The molecule has 5 nitrogen and oxygen atoms in total. The lowest BCUT2D eigenvalue weighted by Crippen LogP contribution is -2.22. The number of nitrogens with zero attached hydrogens (tertiary/aromatic N) is 2. The van der Waals surface area contributed by atoms with Crippen LogP contribution in [0.3, 0.4) is 0 Å². The second kappa shape index (κ2) is 6.19. The van der Waals surface area contributed by atoms with Gasteiger partial charge in [0.1, 0.15) is 5.01 Å². The highest BCUT2D eigenvalue weighted by Crippen LogP contribution is 2.22. The number of nitrogens with one attached hydrogen (secondary N) is 1. The third kappa shape index (κ3) is 3.37. The highest BCUT2D eigenvalue weighted by molar-refractivity contribution is 9.10. The normalized spacial score (nSPS) is 10.5. The van der Waals surface area contributed by atoms with Gasteiger partial charge in [0.05, 0.1) is 12.2 Å². The molecule has 1 N–H and O–H groups in total. The fourth-order valence-electron chi connectivity index (χ4n) is 1.70. The molecule has 3 heterocycles. The van der Waals surface area contributed by atoms with Crippen LogP contribution in [0.2, 0.25) is 0 Å². The highest BCUT2D eigenvalue weighted by Gasteiger charge is 2.11. The van der Waals surface area contributed by atoms with Gasteiger partial charge in [0, 0.05) is 23.3 Å². The fourth-order valence-corrected chi connectivity index (χ4v) is 2.82. The van der Waals surface area contributed by atoms with Crippen LogP contribution in [0.4, 0.5) is 0 Å². The molecule has 0 aliphatic heterocycles. The molecule has 0 aliphatic carbocycles. The predicted molar refractivity (Wildman–Crippen MR) is 82.9 cm³/mol. The summed E-state index contributed by atoms with van der Waals surface area (Å²) in [6.07, 6.45) is 3.49. The molecule has 106 valence electrons. The van der Waals surface area contributed by atoms with Gasteiger partial charge in [-0.25, -0.2) is 4.98 Å². The zero-order valence-electron chi connectivity index (χ0n) is 10.7. The Morgan fingerprint density at radius 1 is 1.38 bits per heavy atom. The summed E-state index contributed by atoms with van der Waals surface area (Å²) in [6, 6.07) is 7.11. The van der Waals surface area contributed by atoms with Gasteiger partial charge in [0.25, 0.3) is 5.91 Å². The minimum Gasteiger partial charge on any atom is -0.444 e. The molecular formula is C14H10BrN3O2S. The van der Waals surface area contributed by atoms with Crippen molar-refractivity contribution in [1.29, 1.82) is 0 Å². The average Bonchev–Trinajstić information content (AvgIpc) is 3.15. The molecule has 3 aromatic heterocycles. The van der Waals surface area contributed by atoms with Gasteiger partial charge in [-0.05, 0) is 40.2 Å². The van der Waals surface area contributed by atoms with Crippen molar-refractivity contribution in [3.63, 3.8) is 0 Å². The maximum atomic E-state index is 11.8. The summed E-state index contributed by atoms with van der Waals surface area (Å²) in [7, 11) is 0. The summed E-state index contributed by atoms with van der Waals surface area (Å²) >= 11 is 4.68. The van der Waals surface area contributed by atoms with E-state index in [0.717, 1.165) is 16.3 Å². The Morgan fingerprint density at radius 3 is 3.00 bits per heavy atom. The minimum absolute atomic E-state index is 0.267. The number of hydrogen-bond donors (Lipinski definition) is 1. The quantitative estimate of drug-likeness (QED) is 0.770. The summed E-state index contributed by atoms with van der Waals surface area (Å²) in [5.41, 5.74) is 1.77. The first-order valence-electron chi connectivity index (χ1n) is 6.11. The number of furan rings is 1. The molecule has 0 saturated carbocycles. The standard InChI is InChI=1S/C14H10BrN3O2S/c15-12-4-3-11(20-12)13(19)17-7-10-8-21-14(18-10)9-2-1-5-16-6-9/h1-6,8H,7H2,(H,17,19). The van der Waals surface area contributed by atoms with Crippen LogP contribution < -0.4 is 5.32 Å². The number of hydrogen-bond acceptors (Lipinski definition) is 5. The van der Waals surface area contributed by atoms with Crippen molar-refractivity contribution in [2.45, 2.75) is 6.54 Å². The molecule has 0 aromatic carbocycles. The topological polar surface area (TPSA) is 68.0 Å². The summed E-state index contributed by atoms with van der Waals surface area (Å²) in [5.74, 6) is 0.00113. The van der Waals surface area contributed by atoms with Crippen molar-refractivity contribution in [1.82, 2.24) is 15.3 Å². The third-order valence-corrected chi connectivity index (χ3v) is 4.05. The van der Waals surface area contributed by atoms with Gasteiger partial charge in [-0.15, -0.1) is 11.3 Å². The second-order valence-corrected chi connectivity index (χ2v) is 5.81. The van der Waals surface area contributed by atoms with E-state index in [-0.39, 0.29) is 11.7 Å². The Morgan fingerprint density at radius 2 is 2.29 bits per heavy atom.